The van der Waals surface area contributed by atoms with Gasteiger partial charge in [0.2, 0.25) is 0 Å². The Kier molecular flexibility index (Phi) is 8.51. The third kappa shape index (κ3) is 6.61. The normalized spacial score (nSPS) is 13.6. The molecule has 1 heterocycles. The summed E-state index contributed by atoms with van der Waals surface area (Å²) in [5.41, 5.74) is 0.477. The van der Waals surface area contributed by atoms with Crippen molar-refractivity contribution in [3.05, 3.63) is 54.1 Å². The first-order chi connectivity index (χ1) is 16.0. The second-order valence-corrected chi connectivity index (χ2v) is 7.28. The molecule has 2 aromatic carbocycles. The van der Waals surface area contributed by atoms with Gasteiger partial charge < -0.3 is 28.7 Å². The zero-order chi connectivity index (χ0) is 23.6. The van der Waals surface area contributed by atoms with Gasteiger partial charge in [-0.3, -0.25) is 9.59 Å². The average molecular weight is 456 g/mol. The first-order valence-electron chi connectivity index (χ1n) is 10.8. The highest BCUT2D eigenvalue weighted by Gasteiger charge is 2.23. The molecule has 33 heavy (non-hydrogen) atoms. The van der Waals surface area contributed by atoms with Gasteiger partial charge in [0, 0.05) is 31.7 Å². The topological polar surface area (TPSA) is 94.6 Å². The van der Waals surface area contributed by atoms with Crippen LogP contribution in [-0.4, -0.2) is 74.3 Å². The predicted octanol–water partition coefficient (Wildman–Crippen LogP) is 2.98. The van der Waals surface area contributed by atoms with Crippen molar-refractivity contribution in [1.29, 1.82) is 0 Å². The molecular weight excluding hydrogens is 428 g/mol. The van der Waals surface area contributed by atoms with Crippen LogP contribution in [0.2, 0.25) is 0 Å². The van der Waals surface area contributed by atoms with E-state index in [1.54, 1.807) is 60.2 Å². The minimum atomic E-state index is -0.788. The smallest absolute Gasteiger partial charge is 0.493 e. The van der Waals surface area contributed by atoms with Crippen molar-refractivity contribution in [2.75, 3.05) is 46.5 Å². The van der Waals surface area contributed by atoms with Gasteiger partial charge >= 0.3 is 6.16 Å². The summed E-state index contributed by atoms with van der Waals surface area (Å²) >= 11 is 0. The molecule has 0 spiro atoms. The molecule has 0 radical (unpaired) electrons. The molecule has 1 saturated heterocycles. The molecule has 1 aliphatic heterocycles. The number of carbonyl (C=O) groups excluding carboxylic acids is 3. The fourth-order valence-corrected chi connectivity index (χ4v) is 3.43. The molecule has 176 valence electrons. The van der Waals surface area contributed by atoms with Gasteiger partial charge in [-0.05, 0) is 49.7 Å². The zero-order valence-electron chi connectivity index (χ0n) is 18.8. The van der Waals surface area contributed by atoms with Crippen molar-refractivity contribution in [2.24, 2.45) is 0 Å². The Morgan fingerprint density at radius 1 is 0.879 bits per heavy atom. The lowest BCUT2D eigenvalue weighted by Gasteiger charge is -2.22. The first kappa shape index (κ1) is 23.9. The summed E-state index contributed by atoms with van der Waals surface area (Å²) in [5, 5.41) is 0. The lowest BCUT2D eigenvalue weighted by molar-refractivity contribution is -0.133. The number of hydrogen-bond acceptors (Lipinski definition) is 7. The van der Waals surface area contributed by atoms with E-state index in [0.29, 0.717) is 55.4 Å². The van der Waals surface area contributed by atoms with Crippen LogP contribution >= 0.6 is 0 Å². The van der Waals surface area contributed by atoms with Gasteiger partial charge in [0.1, 0.15) is 5.75 Å². The van der Waals surface area contributed by atoms with Crippen LogP contribution in [0.3, 0.4) is 0 Å². The monoisotopic (exact) mass is 456 g/mol. The fourth-order valence-electron chi connectivity index (χ4n) is 3.43. The summed E-state index contributed by atoms with van der Waals surface area (Å²) in [7, 11) is 1.55. The molecule has 0 aromatic heterocycles. The Labute approximate surface area is 192 Å². The molecule has 0 N–H and O–H groups in total. The van der Waals surface area contributed by atoms with E-state index < -0.39 is 6.16 Å². The molecule has 3 rings (SSSR count). The van der Waals surface area contributed by atoms with Crippen LogP contribution in [0.15, 0.2) is 48.5 Å². The predicted molar refractivity (Wildman–Crippen MR) is 120 cm³/mol. The van der Waals surface area contributed by atoms with E-state index in [0.717, 1.165) is 0 Å². The highest BCUT2D eigenvalue weighted by molar-refractivity contribution is 5.94. The highest BCUT2D eigenvalue weighted by atomic mass is 16.7. The average Bonchev–Trinajstić information content (AvgIpc) is 3.09. The minimum absolute atomic E-state index is 0.101. The van der Waals surface area contributed by atoms with Crippen LogP contribution in [0.25, 0.3) is 0 Å². The molecule has 0 unspecified atom stereocenters. The maximum absolute atomic E-state index is 12.9. The number of amides is 2. The highest BCUT2D eigenvalue weighted by Crippen LogP contribution is 2.25. The quantitative estimate of drug-likeness (QED) is 0.467. The number of carbonyl (C=O) groups is 3. The number of methoxy groups -OCH3 is 1. The van der Waals surface area contributed by atoms with Gasteiger partial charge in [0.25, 0.3) is 11.8 Å². The van der Waals surface area contributed by atoms with E-state index in [1.165, 1.54) is 0 Å². The number of hydrogen-bond donors (Lipinski definition) is 0. The Hall–Kier alpha value is -3.75. The molecule has 0 saturated carbocycles. The summed E-state index contributed by atoms with van der Waals surface area (Å²) in [6.07, 6.45) is -0.125. The van der Waals surface area contributed by atoms with E-state index >= 15 is 0 Å². The Balaban J connectivity index is 1.52. The van der Waals surface area contributed by atoms with Gasteiger partial charge in [0.15, 0.2) is 18.1 Å². The van der Waals surface area contributed by atoms with Gasteiger partial charge in [-0.25, -0.2) is 4.79 Å². The van der Waals surface area contributed by atoms with Crippen LogP contribution < -0.4 is 14.2 Å². The van der Waals surface area contributed by atoms with Crippen molar-refractivity contribution >= 4 is 18.0 Å². The number of ether oxygens (including phenoxy) is 4. The van der Waals surface area contributed by atoms with E-state index in [2.05, 4.69) is 0 Å². The van der Waals surface area contributed by atoms with Crippen molar-refractivity contribution in [3.63, 3.8) is 0 Å². The van der Waals surface area contributed by atoms with Gasteiger partial charge in [-0.15, -0.1) is 0 Å². The van der Waals surface area contributed by atoms with Crippen LogP contribution in [0.1, 0.15) is 23.7 Å². The van der Waals surface area contributed by atoms with E-state index in [9.17, 15) is 14.4 Å². The van der Waals surface area contributed by atoms with E-state index in [4.69, 9.17) is 18.9 Å². The molecule has 2 aromatic rings. The Bertz CT molecular complexity index is 962. The van der Waals surface area contributed by atoms with Gasteiger partial charge in [-0.1, -0.05) is 12.1 Å². The lowest BCUT2D eigenvalue weighted by atomic mass is 10.2. The van der Waals surface area contributed by atoms with Crippen molar-refractivity contribution in [2.45, 2.75) is 13.3 Å². The van der Waals surface area contributed by atoms with E-state index in [-0.39, 0.29) is 25.0 Å². The third-order valence-electron chi connectivity index (χ3n) is 5.12. The molecule has 0 atom stereocenters. The largest absolute Gasteiger partial charge is 0.513 e. The van der Waals surface area contributed by atoms with Crippen molar-refractivity contribution < 1.29 is 33.3 Å². The van der Waals surface area contributed by atoms with Crippen LogP contribution in [-0.2, 0) is 9.53 Å². The van der Waals surface area contributed by atoms with Crippen molar-refractivity contribution in [3.8, 4) is 17.2 Å². The molecule has 9 nitrogen and oxygen atoms in total. The van der Waals surface area contributed by atoms with E-state index in [1.807, 2.05) is 12.1 Å². The van der Waals surface area contributed by atoms with Crippen molar-refractivity contribution in [1.82, 2.24) is 9.80 Å². The maximum atomic E-state index is 12.9. The van der Waals surface area contributed by atoms with Gasteiger partial charge in [-0.2, -0.15) is 0 Å². The molecule has 0 aliphatic carbocycles. The molecule has 2 amide bonds. The molecule has 1 aliphatic rings. The standard InChI is InChI=1S/C24H28N2O7/c1-3-31-24(29)33-19-11-9-18(10-12-19)23(28)26-14-6-13-25(15-16-26)22(27)17-32-21-8-5-4-7-20(21)30-2/h4-5,7-12H,3,6,13-17H2,1-2H3. The Morgan fingerprint density at radius 3 is 2.24 bits per heavy atom. The SMILES string of the molecule is CCOC(=O)Oc1ccc(C(=O)N2CCCN(C(=O)COc3ccccc3OC)CC2)cc1. The van der Waals surface area contributed by atoms with Crippen LogP contribution in [0.4, 0.5) is 4.79 Å². The summed E-state index contributed by atoms with van der Waals surface area (Å²) in [6.45, 7) is 3.73. The summed E-state index contributed by atoms with van der Waals surface area (Å²) in [5.74, 6) is 1.09. The second kappa shape index (κ2) is 11.8. The zero-order valence-corrected chi connectivity index (χ0v) is 18.8. The van der Waals surface area contributed by atoms with Gasteiger partial charge in [0.05, 0.1) is 13.7 Å². The lowest BCUT2D eigenvalue weighted by Crippen LogP contribution is -2.39. The fraction of sp³-hybridized carbons (Fsp3) is 0.375. The molecular formula is C24H28N2O7. The number of para-hydroxylation sites is 2. The first-order valence-corrected chi connectivity index (χ1v) is 10.8. The minimum Gasteiger partial charge on any atom is -0.493 e. The number of rotatable bonds is 7. The number of nitrogens with zero attached hydrogens (tertiary/aromatic N) is 2. The summed E-state index contributed by atoms with van der Waals surface area (Å²) in [6, 6.07) is 13.5. The van der Waals surface area contributed by atoms with Crippen LogP contribution in [0, 0.1) is 0 Å². The summed E-state index contributed by atoms with van der Waals surface area (Å²) < 4.78 is 20.6. The molecule has 9 heteroatoms. The maximum Gasteiger partial charge on any atom is 0.513 e. The molecule has 1 fully saturated rings. The third-order valence-corrected chi connectivity index (χ3v) is 5.12. The Morgan fingerprint density at radius 2 is 1.55 bits per heavy atom. The number of benzene rings is 2. The second-order valence-electron chi connectivity index (χ2n) is 7.28. The molecule has 0 bridgehead atoms. The van der Waals surface area contributed by atoms with Crippen LogP contribution in [0.5, 0.6) is 17.2 Å². The summed E-state index contributed by atoms with van der Waals surface area (Å²) in [4.78, 5) is 40.4.